The number of fused-ring (bicyclic) bond motifs is 4. The molecule has 0 aromatic rings. The number of hydrogen-bond acceptors (Lipinski definition) is 2. The van der Waals surface area contributed by atoms with Crippen LogP contribution in [0.25, 0.3) is 0 Å². The molecule has 0 saturated heterocycles. The van der Waals surface area contributed by atoms with Crippen molar-refractivity contribution in [2.24, 2.45) is 35.5 Å². The smallest absolute Gasteiger partial charge is 0.309 e. The fourth-order valence-corrected chi connectivity index (χ4v) is 4.93. The molecule has 6 unspecified atom stereocenters. The van der Waals surface area contributed by atoms with E-state index in [0.717, 1.165) is 18.3 Å². The van der Waals surface area contributed by atoms with Gasteiger partial charge in [-0.1, -0.05) is 18.6 Å². The summed E-state index contributed by atoms with van der Waals surface area (Å²) in [5.41, 5.74) is 0. The number of ether oxygens (including phenoxy) is 1. The molecule has 0 radical (unpaired) electrons. The van der Waals surface area contributed by atoms with Gasteiger partial charge >= 0.3 is 5.97 Å². The summed E-state index contributed by atoms with van der Waals surface area (Å²) in [4.78, 5) is 12.1. The fourth-order valence-electron chi connectivity index (χ4n) is 4.93. The summed E-state index contributed by atoms with van der Waals surface area (Å²) in [6.07, 6.45) is 12.3. The van der Waals surface area contributed by atoms with Crippen molar-refractivity contribution in [2.75, 3.05) is 6.61 Å². The lowest BCUT2D eigenvalue weighted by Crippen LogP contribution is -2.25. The second kappa shape index (κ2) is 4.11. The van der Waals surface area contributed by atoms with Crippen LogP contribution in [0.4, 0.5) is 0 Å². The van der Waals surface area contributed by atoms with Crippen molar-refractivity contribution in [3.63, 3.8) is 0 Å². The summed E-state index contributed by atoms with van der Waals surface area (Å²) in [7, 11) is 0. The van der Waals surface area contributed by atoms with Gasteiger partial charge in [-0.3, -0.25) is 4.79 Å². The zero-order chi connectivity index (χ0) is 12.1. The zero-order valence-corrected chi connectivity index (χ0v) is 10.9. The Bertz CT molecular complexity index is 387. The Morgan fingerprint density at radius 1 is 1.11 bits per heavy atom. The molecular weight excluding hydrogens is 224 g/mol. The molecule has 2 heteroatoms. The number of carbonyl (C=O) groups is 1. The van der Waals surface area contributed by atoms with Crippen LogP contribution in [0.3, 0.4) is 0 Å². The SMILES string of the molecule is O=C(OCC1CC2CCC1C2)C1CC2C=CC1C2. The van der Waals surface area contributed by atoms with Gasteiger partial charge in [0.1, 0.15) is 0 Å². The molecule has 3 saturated carbocycles. The molecule has 4 aliphatic carbocycles. The molecular formula is C16H22O2. The maximum atomic E-state index is 12.1. The Hall–Kier alpha value is -0.790. The molecule has 0 aliphatic heterocycles. The standard InChI is InChI=1S/C16H22O2/c17-16(15-8-11-2-4-13(15)6-11)18-9-14-7-10-1-3-12(14)5-10/h2,4,10-15H,1,3,5-9H2. The summed E-state index contributed by atoms with van der Waals surface area (Å²) >= 11 is 0. The quantitative estimate of drug-likeness (QED) is 0.564. The maximum absolute atomic E-state index is 12.1. The lowest BCUT2D eigenvalue weighted by atomic mass is 9.89. The third kappa shape index (κ3) is 1.72. The Labute approximate surface area is 109 Å². The summed E-state index contributed by atoms with van der Waals surface area (Å²) in [5, 5.41) is 0. The van der Waals surface area contributed by atoms with Crippen molar-refractivity contribution < 1.29 is 9.53 Å². The van der Waals surface area contributed by atoms with Crippen molar-refractivity contribution in [2.45, 2.75) is 38.5 Å². The van der Waals surface area contributed by atoms with E-state index >= 15 is 0 Å². The van der Waals surface area contributed by atoms with Gasteiger partial charge in [-0.05, 0) is 61.7 Å². The summed E-state index contributed by atoms with van der Waals surface area (Å²) in [6, 6.07) is 0. The molecule has 4 bridgehead atoms. The zero-order valence-electron chi connectivity index (χ0n) is 10.9. The third-order valence-electron chi connectivity index (χ3n) is 5.91. The van der Waals surface area contributed by atoms with Gasteiger partial charge in [0.15, 0.2) is 0 Å². The highest BCUT2D eigenvalue weighted by Gasteiger charge is 2.43. The molecule has 0 spiro atoms. The van der Waals surface area contributed by atoms with Gasteiger partial charge in [0.05, 0.1) is 12.5 Å². The van der Waals surface area contributed by atoms with Crippen LogP contribution in [0.15, 0.2) is 12.2 Å². The minimum atomic E-state index is 0.0922. The van der Waals surface area contributed by atoms with E-state index in [0.29, 0.717) is 24.4 Å². The molecule has 4 aliphatic rings. The number of esters is 1. The second-order valence-corrected chi connectivity index (χ2v) is 6.95. The normalized spacial score (nSPS) is 48.0. The molecule has 2 nitrogen and oxygen atoms in total. The van der Waals surface area contributed by atoms with E-state index in [4.69, 9.17) is 4.74 Å². The highest BCUT2D eigenvalue weighted by molar-refractivity contribution is 5.74. The summed E-state index contributed by atoms with van der Waals surface area (Å²) < 4.78 is 5.64. The van der Waals surface area contributed by atoms with Crippen LogP contribution in [-0.4, -0.2) is 12.6 Å². The average Bonchev–Trinajstić information content (AvgIpc) is 3.13. The highest BCUT2D eigenvalue weighted by Crippen LogP contribution is 2.49. The predicted octanol–water partition coefficient (Wildman–Crippen LogP) is 3.18. The molecule has 98 valence electrons. The first-order valence-electron chi connectivity index (χ1n) is 7.64. The minimum Gasteiger partial charge on any atom is -0.465 e. The van der Waals surface area contributed by atoms with Crippen LogP contribution in [0, 0.1) is 35.5 Å². The molecule has 0 aromatic heterocycles. The maximum Gasteiger partial charge on any atom is 0.309 e. The van der Waals surface area contributed by atoms with Crippen LogP contribution in [0.5, 0.6) is 0 Å². The van der Waals surface area contributed by atoms with E-state index < -0.39 is 0 Å². The van der Waals surface area contributed by atoms with Crippen LogP contribution in [0.2, 0.25) is 0 Å². The van der Waals surface area contributed by atoms with E-state index in [1.165, 1.54) is 32.1 Å². The molecule has 0 amide bonds. The first kappa shape index (κ1) is 11.1. The van der Waals surface area contributed by atoms with Gasteiger partial charge in [0.2, 0.25) is 0 Å². The van der Waals surface area contributed by atoms with E-state index in [1.54, 1.807) is 0 Å². The molecule has 0 heterocycles. The number of carbonyl (C=O) groups excluding carboxylic acids is 1. The number of allylic oxidation sites excluding steroid dienone is 2. The van der Waals surface area contributed by atoms with Gasteiger partial charge in [-0.25, -0.2) is 0 Å². The van der Waals surface area contributed by atoms with Crippen LogP contribution < -0.4 is 0 Å². The Balaban J connectivity index is 1.30. The average molecular weight is 246 g/mol. The molecule has 6 atom stereocenters. The Morgan fingerprint density at radius 2 is 2.06 bits per heavy atom. The van der Waals surface area contributed by atoms with Gasteiger partial charge in [0, 0.05) is 0 Å². The van der Waals surface area contributed by atoms with Crippen LogP contribution in [-0.2, 0) is 9.53 Å². The van der Waals surface area contributed by atoms with E-state index in [-0.39, 0.29) is 11.9 Å². The molecule has 3 fully saturated rings. The van der Waals surface area contributed by atoms with Crippen molar-refractivity contribution in [3.8, 4) is 0 Å². The monoisotopic (exact) mass is 246 g/mol. The van der Waals surface area contributed by atoms with Crippen molar-refractivity contribution >= 4 is 5.97 Å². The van der Waals surface area contributed by atoms with Crippen molar-refractivity contribution in [1.82, 2.24) is 0 Å². The topological polar surface area (TPSA) is 26.3 Å². The van der Waals surface area contributed by atoms with Crippen molar-refractivity contribution in [3.05, 3.63) is 12.2 Å². The van der Waals surface area contributed by atoms with Gasteiger partial charge in [-0.15, -0.1) is 0 Å². The Kier molecular flexibility index (Phi) is 2.53. The van der Waals surface area contributed by atoms with Crippen LogP contribution in [0.1, 0.15) is 38.5 Å². The first-order valence-corrected chi connectivity index (χ1v) is 7.64. The molecule has 0 N–H and O–H groups in total. The Morgan fingerprint density at radius 3 is 2.67 bits per heavy atom. The summed E-state index contributed by atoms with van der Waals surface area (Å²) in [5.74, 6) is 3.92. The first-order chi connectivity index (χ1) is 8.79. The van der Waals surface area contributed by atoms with E-state index in [2.05, 4.69) is 12.2 Å². The molecule has 4 rings (SSSR count). The van der Waals surface area contributed by atoms with Gasteiger partial charge in [0.25, 0.3) is 0 Å². The second-order valence-electron chi connectivity index (χ2n) is 6.95. The van der Waals surface area contributed by atoms with Crippen molar-refractivity contribution in [1.29, 1.82) is 0 Å². The molecule has 0 aromatic carbocycles. The van der Waals surface area contributed by atoms with Crippen LogP contribution >= 0.6 is 0 Å². The van der Waals surface area contributed by atoms with E-state index in [1.807, 2.05) is 0 Å². The predicted molar refractivity (Wildman–Crippen MR) is 68.7 cm³/mol. The third-order valence-corrected chi connectivity index (χ3v) is 5.91. The summed E-state index contributed by atoms with van der Waals surface area (Å²) in [6.45, 7) is 0.706. The lowest BCUT2D eigenvalue weighted by molar-refractivity contribution is -0.151. The van der Waals surface area contributed by atoms with E-state index in [9.17, 15) is 4.79 Å². The van der Waals surface area contributed by atoms with Gasteiger partial charge < -0.3 is 4.74 Å². The largest absolute Gasteiger partial charge is 0.465 e. The van der Waals surface area contributed by atoms with Gasteiger partial charge in [-0.2, -0.15) is 0 Å². The number of hydrogen-bond donors (Lipinski definition) is 0. The molecule has 18 heavy (non-hydrogen) atoms. The minimum absolute atomic E-state index is 0.0922. The highest BCUT2D eigenvalue weighted by atomic mass is 16.5. The number of rotatable bonds is 3. The fraction of sp³-hybridized carbons (Fsp3) is 0.812. The lowest BCUT2D eigenvalue weighted by Gasteiger charge is -2.23.